The summed E-state index contributed by atoms with van der Waals surface area (Å²) in [6, 6.07) is 7.58. The number of methoxy groups -OCH3 is 1. The van der Waals surface area contributed by atoms with E-state index >= 15 is 0 Å². The number of pyridine rings is 1. The van der Waals surface area contributed by atoms with E-state index in [4.69, 9.17) is 4.42 Å². The van der Waals surface area contributed by atoms with Crippen molar-refractivity contribution in [1.82, 2.24) is 9.88 Å². The van der Waals surface area contributed by atoms with E-state index in [1.165, 1.54) is 12.7 Å². The summed E-state index contributed by atoms with van der Waals surface area (Å²) in [5.74, 6) is 0.544. The summed E-state index contributed by atoms with van der Waals surface area (Å²) in [6.45, 7) is 2.94. The van der Waals surface area contributed by atoms with E-state index < -0.39 is 5.97 Å². The lowest BCUT2D eigenvalue weighted by Crippen LogP contribution is -2.24. The van der Waals surface area contributed by atoms with Crippen molar-refractivity contribution in [3.63, 3.8) is 0 Å². The monoisotopic (exact) mass is 288 g/mol. The minimum atomic E-state index is -0.451. The predicted octanol–water partition coefficient (Wildman–Crippen LogP) is 2.70. The molecule has 1 atom stereocenters. The molecule has 5 heteroatoms. The number of likely N-dealkylation sites (N-methyl/N-ethyl adjacent to an activating group) is 1. The second-order valence-corrected chi connectivity index (χ2v) is 4.96. The summed E-state index contributed by atoms with van der Waals surface area (Å²) in [6.07, 6.45) is 4.54. The van der Waals surface area contributed by atoms with E-state index in [1.54, 1.807) is 18.5 Å². The Labute approximate surface area is 124 Å². The van der Waals surface area contributed by atoms with E-state index in [1.807, 2.05) is 32.2 Å². The zero-order valence-electron chi connectivity index (χ0n) is 12.6. The molecule has 2 aromatic heterocycles. The Morgan fingerprint density at radius 2 is 2.05 bits per heavy atom. The first-order chi connectivity index (χ1) is 10.1. The quantitative estimate of drug-likeness (QED) is 0.765. The number of carbonyl (C=O) groups is 1. The highest BCUT2D eigenvalue weighted by atomic mass is 16.5. The van der Waals surface area contributed by atoms with Gasteiger partial charge in [-0.3, -0.25) is 9.88 Å². The van der Waals surface area contributed by atoms with Crippen molar-refractivity contribution in [3.05, 3.63) is 53.7 Å². The molecule has 5 nitrogen and oxygen atoms in total. The number of hydrogen-bond donors (Lipinski definition) is 0. The second-order valence-electron chi connectivity index (χ2n) is 4.96. The molecule has 0 saturated heterocycles. The Bertz CT molecular complexity index is 580. The summed E-state index contributed by atoms with van der Waals surface area (Å²) in [7, 11) is 3.38. The number of esters is 1. The molecule has 2 heterocycles. The fraction of sp³-hybridized carbons (Fsp3) is 0.375. The molecule has 0 aliphatic heterocycles. The van der Waals surface area contributed by atoms with Gasteiger partial charge in [0, 0.05) is 18.9 Å². The molecule has 0 amide bonds. The number of nitrogens with zero attached hydrogens (tertiary/aromatic N) is 2. The van der Waals surface area contributed by atoms with Gasteiger partial charge in [-0.05, 0) is 50.2 Å². The van der Waals surface area contributed by atoms with Crippen molar-refractivity contribution in [2.45, 2.75) is 19.4 Å². The average Bonchev–Trinajstić information content (AvgIpc) is 3.02. The molecule has 1 unspecified atom stereocenters. The molecule has 0 saturated carbocycles. The lowest BCUT2D eigenvalue weighted by molar-refractivity contribution is 0.0560. The highest BCUT2D eigenvalue weighted by Crippen LogP contribution is 2.21. The van der Waals surface area contributed by atoms with E-state index in [2.05, 4.69) is 14.6 Å². The Balaban J connectivity index is 1.94. The summed E-state index contributed by atoms with van der Waals surface area (Å²) in [5, 5.41) is 0. The minimum absolute atomic E-state index is 0.0882. The van der Waals surface area contributed by atoms with Crippen LogP contribution in [0.5, 0.6) is 0 Å². The van der Waals surface area contributed by atoms with E-state index in [-0.39, 0.29) is 11.8 Å². The van der Waals surface area contributed by atoms with Crippen LogP contribution >= 0.6 is 0 Å². The Morgan fingerprint density at radius 1 is 1.33 bits per heavy atom. The second kappa shape index (κ2) is 7.04. The fourth-order valence-electron chi connectivity index (χ4n) is 2.05. The number of furan rings is 1. The molecule has 21 heavy (non-hydrogen) atoms. The molecular formula is C16H20N2O3. The standard InChI is InChI=1S/C16H20N2O3/c1-12(14-4-5-15(21-14)16(19)20-3)18(2)11-8-13-6-9-17-10-7-13/h4-7,9-10,12H,8,11H2,1-3H3. The van der Waals surface area contributed by atoms with Gasteiger partial charge in [0.15, 0.2) is 0 Å². The molecule has 2 rings (SSSR count). The largest absolute Gasteiger partial charge is 0.463 e. The molecule has 0 aliphatic rings. The molecular weight excluding hydrogens is 268 g/mol. The lowest BCUT2D eigenvalue weighted by Gasteiger charge is -2.22. The van der Waals surface area contributed by atoms with Crippen LogP contribution in [0.1, 0.15) is 34.8 Å². The van der Waals surface area contributed by atoms with Gasteiger partial charge >= 0.3 is 5.97 Å². The van der Waals surface area contributed by atoms with Crippen molar-refractivity contribution in [2.75, 3.05) is 20.7 Å². The van der Waals surface area contributed by atoms with E-state index in [9.17, 15) is 4.79 Å². The molecule has 0 radical (unpaired) electrons. The molecule has 0 N–H and O–H groups in total. The highest BCUT2D eigenvalue weighted by molar-refractivity contribution is 5.86. The van der Waals surface area contributed by atoms with Gasteiger partial charge in [0.1, 0.15) is 5.76 Å². The van der Waals surface area contributed by atoms with Gasteiger partial charge in [-0.25, -0.2) is 4.79 Å². The number of aromatic nitrogens is 1. The summed E-state index contributed by atoms with van der Waals surface area (Å²) >= 11 is 0. The van der Waals surface area contributed by atoms with Gasteiger partial charge in [0.25, 0.3) is 0 Å². The number of rotatable bonds is 6. The first-order valence-corrected chi connectivity index (χ1v) is 6.89. The molecule has 0 aliphatic carbocycles. The van der Waals surface area contributed by atoms with Crippen LogP contribution < -0.4 is 0 Å². The van der Waals surface area contributed by atoms with Crippen LogP contribution in [0.15, 0.2) is 41.1 Å². The van der Waals surface area contributed by atoms with Crippen molar-refractivity contribution in [3.8, 4) is 0 Å². The van der Waals surface area contributed by atoms with Crippen LogP contribution in [-0.4, -0.2) is 36.6 Å². The Hall–Kier alpha value is -2.14. The maximum absolute atomic E-state index is 11.4. The van der Waals surface area contributed by atoms with Gasteiger partial charge in [0.2, 0.25) is 5.76 Å². The summed E-state index contributed by atoms with van der Waals surface area (Å²) < 4.78 is 10.2. The Morgan fingerprint density at radius 3 is 2.71 bits per heavy atom. The van der Waals surface area contributed by atoms with Gasteiger partial charge in [-0.15, -0.1) is 0 Å². The zero-order valence-corrected chi connectivity index (χ0v) is 12.6. The van der Waals surface area contributed by atoms with Crippen molar-refractivity contribution < 1.29 is 13.9 Å². The van der Waals surface area contributed by atoms with Crippen LogP contribution in [0.25, 0.3) is 0 Å². The van der Waals surface area contributed by atoms with Crippen LogP contribution in [0, 0.1) is 0 Å². The number of carbonyl (C=O) groups excluding carboxylic acids is 1. The van der Waals surface area contributed by atoms with Gasteiger partial charge in [-0.2, -0.15) is 0 Å². The normalized spacial score (nSPS) is 12.4. The van der Waals surface area contributed by atoms with Crippen LogP contribution in [0.2, 0.25) is 0 Å². The van der Waals surface area contributed by atoms with Crippen LogP contribution in [0.3, 0.4) is 0 Å². The van der Waals surface area contributed by atoms with Crippen LogP contribution in [-0.2, 0) is 11.2 Å². The molecule has 0 aromatic carbocycles. The topological polar surface area (TPSA) is 55.6 Å². The van der Waals surface area contributed by atoms with E-state index in [0.29, 0.717) is 0 Å². The van der Waals surface area contributed by atoms with Gasteiger partial charge in [-0.1, -0.05) is 0 Å². The third-order valence-corrected chi connectivity index (χ3v) is 3.59. The third-order valence-electron chi connectivity index (χ3n) is 3.59. The summed E-state index contributed by atoms with van der Waals surface area (Å²) in [5.41, 5.74) is 1.25. The molecule has 0 fully saturated rings. The lowest BCUT2D eigenvalue weighted by atomic mass is 10.1. The van der Waals surface area contributed by atoms with Gasteiger partial charge in [0.05, 0.1) is 13.2 Å². The summed E-state index contributed by atoms with van der Waals surface area (Å²) in [4.78, 5) is 17.6. The van der Waals surface area contributed by atoms with Crippen molar-refractivity contribution >= 4 is 5.97 Å². The molecule has 0 spiro atoms. The average molecular weight is 288 g/mol. The first kappa shape index (κ1) is 15.3. The molecule has 0 bridgehead atoms. The smallest absolute Gasteiger partial charge is 0.373 e. The maximum atomic E-state index is 11.4. The van der Waals surface area contributed by atoms with Crippen molar-refractivity contribution in [2.24, 2.45) is 0 Å². The zero-order chi connectivity index (χ0) is 15.2. The minimum Gasteiger partial charge on any atom is -0.463 e. The van der Waals surface area contributed by atoms with Gasteiger partial charge < -0.3 is 9.15 Å². The highest BCUT2D eigenvalue weighted by Gasteiger charge is 2.18. The molecule has 2 aromatic rings. The van der Waals surface area contributed by atoms with E-state index in [0.717, 1.165) is 18.7 Å². The van der Waals surface area contributed by atoms with Crippen molar-refractivity contribution in [1.29, 1.82) is 0 Å². The third kappa shape index (κ3) is 3.92. The fourth-order valence-corrected chi connectivity index (χ4v) is 2.05. The Kier molecular flexibility index (Phi) is 5.11. The molecule has 112 valence electrons. The first-order valence-electron chi connectivity index (χ1n) is 6.89. The number of ether oxygens (including phenoxy) is 1. The maximum Gasteiger partial charge on any atom is 0.373 e. The SMILES string of the molecule is COC(=O)c1ccc(C(C)N(C)CCc2ccncc2)o1. The number of hydrogen-bond acceptors (Lipinski definition) is 5. The van der Waals surface area contributed by atoms with Crippen LogP contribution in [0.4, 0.5) is 0 Å². The predicted molar refractivity (Wildman–Crippen MR) is 79.0 cm³/mol.